The molecule has 2 rings (SSSR count). The molecule has 20 heavy (non-hydrogen) atoms. The topological polar surface area (TPSA) is 85.1 Å². The minimum atomic E-state index is -0.507. The molecule has 6 heteroatoms. The van der Waals surface area contributed by atoms with Crippen LogP contribution in [-0.2, 0) is 11.2 Å². The number of nitrogens with zero attached hydrogens (tertiary/aromatic N) is 2. The number of anilines is 1. The Morgan fingerprint density at radius 2 is 2.20 bits per heavy atom. The molecule has 6 nitrogen and oxygen atoms in total. The van der Waals surface area contributed by atoms with Gasteiger partial charge in [0, 0.05) is 18.5 Å². The van der Waals surface area contributed by atoms with Gasteiger partial charge in [0.1, 0.15) is 5.69 Å². The van der Waals surface area contributed by atoms with Gasteiger partial charge in [-0.3, -0.25) is 19.9 Å². The fourth-order valence-corrected chi connectivity index (χ4v) is 1.78. The van der Waals surface area contributed by atoms with Gasteiger partial charge in [0.05, 0.1) is 11.3 Å². The molecule has 102 valence electrons. The maximum absolute atomic E-state index is 11.9. The molecule has 0 bridgehead atoms. The van der Waals surface area contributed by atoms with Gasteiger partial charge in [-0.25, -0.2) is 0 Å². The number of nitro groups is 1. The van der Waals surface area contributed by atoms with Crippen molar-refractivity contribution in [2.75, 3.05) is 5.32 Å². The molecule has 0 aliphatic carbocycles. The zero-order chi connectivity index (χ0) is 14.5. The number of pyridine rings is 1. The van der Waals surface area contributed by atoms with Gasteiger partial charge in [-0.05, 0) is 30.2 Å². The van der Waals surface area contributed by atoms with E-state index in [1.807, 2.05) is 0 Å². The minimum Gasteiger partial charge on any atom is -0.320 e. The minimum absolute atomic E-state index is 0.107. The number of nitro benzene ring substituents is 1. The smallest absolute Gasteiger partial charge is 0.293 e. The van der Waals surface area contributed by atoms with Gasteiger partial charge >= 0.3 is 0 Å². The average Bonchev–Trinajstić information content (AvgIpc) is 2.41. The first-order valence-corrected chi connectivity index (χ1v) is 6.00. The predicted molar refractivity (Wildman–Crippen MR) is 74.4 cm³/mol. The first-order valence-electron chi connectivity index (χ1n) is 6.00. The van der Waals surface area contributed by atoms with E-state index in [4.69, 9.17) is 0 Å². The number of amides is 1. The summed E-state index contributed by atoms with van der Waals surface area (Å²) in [5, 5.41) is 13.5. The molecule has 0 unspecified atom stereocenters. The number of carbonyl (C=O) groups is 1. The second-order valence-corrected chi connectivity index (χ2v) is 4.36. The van der Waals surface area contributed by atoms with Crippen molar-refractivity contribution in [2.24, 2.45) is 0 Å². The highest BCUT2D eigenvalue weighted by atomic mass is 16.6. The van der Waals surface area contributed by atoms with Gasteiger partial charge in [-0.1, -0.05) is 12.1 Å². The number of hydrogen-bond acceptors (Lipinski definition) is 4. The van der Waals surface area contributed by atoms with Crippen molar-refractivity contribution >= 4 is 17.3 Å². The van der Waals surface area contributed by atoms with Gasteiger partial charge in [-0.2, -0.15) is 0 Å². The number of rotatable bonds is 4. The predicted octanol–water partition coefficient (Wildman–Crippen LogP) is 2.48. The maximum atomic E-state index is 11.9. The van der Waals surface area contributed by atoms with Crippen LogP contribution in [0, 0.1) is 17.0 Å². The van der Waals surface area contributed by atoms with Crippen molar-refractivity contribution in [1.29, 1.82) is 0 Å². The highest BCUT2D eigenvalue weighted by molar-refractivity contribution is 5.94. The molecule has 0 fully saturated rings. The fraction of sp³-hybridized carbons (Fsp3) is 0.143. The summed E-state index contributed by atoms with van der Waals surface area (Å²) in [7, 11) is 0. The van der Waals surface area contributed by atoms with Crippen molar-refractivity contribution in [3.63, 3.8) is 0 Å². The van der Waals surface area contributed by atoms with E-state index in [0.29, 0.717) is 0 Å². The average molecular weight is 271 g/mol. The second-order valence-electron chi connectivity index (χ2n) is 4.36. The summed E-state index contributed by atoms with van der Waals surface area (Å²) in [6.45, 7) is 1.76. The highest BCUT2D eigenvalue weighted by Gasteiger charge is 2.16. The van der Waals surface area contributed by atoms with Crippen LogP contribution >= 0.6 is 0 Å². The highest BCUT2D eigenvalue weighted by Crippen LogP contribution is 2.25. The van der Waals surface area contributed by atoms with E-state index in [-0.39, 0.29) is 23.7 Å². The van der Waals surface area contributed by atoms with E-state index in [1.54, 1.807) is 37.5 Å². The van der Waals surface area contributed by atoms with Gasteiger partial charge < -0.3 is 5.32 Å². The lowest BCUT2D eigenvalue weighted by molar-refractivity contribution is -0.384. The van der Waals surface area contributed by atoms with Gasteiger partial charge in [0.2, 0.25) is 5.91 Å². The van der Waals surface area contributed by atoms with Crippen LogP contribution in [0.2, 0.25) is 0 Å². The summed E-state index contributed by atoms with van der Waals surface area (Å²) in [6.07, 6.45) is 3.33. The van der Waals surface area contributed by atoms with E-state index in [0.717, 1.165) is 11.1 Å². The van der Waals surface area contributed by atoms with Crippen LogP contribution in [0.15, 0.2) is 42.7 Å². The lowest BCUT2D eigenvalue weighted by Gasteiger charge is -2.06. The standard InChI is InChI=1S/C14H13N3O3/c1-10-4-5-12(13(7-10)17(19)20)16-14(18)8-11-3-2-6-15-9-11/h2-7,9H,8H2,1H3,(H,16,18). The number of benzene rings is 1. The Balaban J connectivity index is 2.14. The third kappa shape index (κ3) is 3.38. The molecule has 0 aliphatic rings. The number of aryl methyl sites for hydroxylation is 1. The summed E-state index contributed by atoms with van der Waals surface area (Å²) in [5.41, 5.74) is 1.61. The zero-order valence-corrected chi connectivity index (χ0v) is 10.9. The Hall–Kier alpha value is -2.76. The van der Waals surface area contributed by atoms with Crippen molar-refractivity contribution in [3.05, 3.63) is 64.0 Å². The Morgan fingerprint density at radius 1 is 1.40 bits per heavy atom. The molecule has 0 atom stereocenters. The molecule has 1 N–H and O–H groups in total. The van der Waals surface area contributed by atoms with E-state index in [9.17, 15) is 14.9 Å². The SMILES string of the molecule is Cc1ccc(NC(=O)Cc2cccnc2)c([N+](=O)[O-])c1. The molecule has 0 saturated heterocycles. The van der Waals surface area contributed by atoms with Crippen LogP contribution in [0.5, 0.6) is 0 Å². The summed E-state index contributed by atoms with van der Waals surface area (Å²) >= 11 is 0. The Labute approximate surface area is 115 Å². The number of aromatic nitrogens is 1. The summed E-state index contributed by atoms with van der Waals surface area (Å²) in [4.78, 5) is 26.2. The number of hydrogen-bond donors (Lipinski definition) is 1. The zero-order valence-electron chi connectivity index (χ0n) is 10.9. The molecule has 0 aliphatic heterocycles. The maximum Gasteiger partial charge on any atom is 0.293 e. The van der Waals surface area contributed by atoms with E-state index >= 15 is 0 Å². The van der Waals surface area contributed by atoms with Crippen LogP contribution in [-0.4, -0.2) is 15.8 Å². The molecule has 0 saturated carbocycles. The molecule has 0 radical (unpaired) electrons. The summed E-state index contributed by atoms with van der Waals surface area (Å²) in [5.74, 6) is -0.315. The summed E-state index contributed by atoms with van der Waals surface area (Å²) < 4.78 is 0. The molecule has 1 aromatic carbocycles. The molecule has 1 aromatic heterocycles. The lowest BCUT2D eigenvalue weighted by Crippen LogP contribution is -2.15. The van der Waals surface area contributed by atoms with Crippen molar-refractivity contribution in [3.8, 4) is 0 Å². The molecule has 1 heterocycles. The largest absolute Gasteiger partial charge is 0.320 e. The Morgan fingerprint density at radius 3 is 2.85 bits per heavy atom. The monoisotopic (exact) mass is 271 g/mol. The normalized spacial score (nSPS) is 10.1. The van der Waals surface area contributed by atoms with Crippen LogP contribution in [0.4, 0.5) is 11.4 Å². The Bertz CT molecular complexity index is 641. The van der Waals surface area contributed by atoms with E-state index in [2.05, 4.69) is 10.3 Å². The molecule has 1 amide bonds. The van der Waals surface area contributed by atoms with Crippen molar-refractivity contribution < 1.29 is 9.72 Å². The first-order chi connectivity index (χ1) is 9.56. The van der Waals surface area contributed by atoms with Gasteiger partial charge in [-0.15, -0.1) is 0 Å². The van der Waals surface area contributed by atoms with Gasteiger partial charge in [0.15, 0.2) is 0 Å². The van der Waals surface area contributed by atoms with Gasteiger partial charge in [0.25, 0.3) is 5.69 Å². The first kappa shape index (κ1) is 13.7. The summed E-state index contributed by atoms with van der Waals surface area (Å²) in [6, 6.07) is 8.19. The number of nitrogens with one attached hydrogen (secondary N) is 1. The third-order valence-corrected chi connectivity index (χ3v) is 2.71. The molecular weight excluding hydrogens is 258 g/mol. The fourth-order valence-electron chi connectivity index (χ4n) is 1.78. The van der Waals surface area contributed by atoms with Crippen molar-refractivity contribution in [1.82, 2.24) is 4.98 Å². The quantitative estimate of drug-likeness (QED) is 0.683. The molecule has 2 aromatic rings. The second kappa shape index (κ2) is 5.92. The third-order valence-electron chi connectivity index (χ3n) is 2.71. The molecular formula is C14H13N3O3. The number of carbonyl (C=O) groups excluding carboxylic acids is 1. The lowest BCUT2D eigenvalue weighted by atomic mass is 10.1. The molecule has 0 spiro atoms. The van der Waals surface area contributed by atoms with Crippen LogP contribution in [0.3, 0.4) is 0 Å². The van der Waals surface area contributed by atoms with Crippen molar-refractivity contribution in [2.45, 2.75) is 13.3 Å². The Kier molecular flexibility index (Phi) is 4.05. The van der Waals surface area contributed by atoms with E-state index < -0.39 is 4.92 Å². The van der Waals surface area contributed by atoms with Crippen LogP contribution in [0.25, 0.3) is 0 Å². The van der Waals surface area contributed by atoms with Crippen LogP contribution in [0.1, 0.15) is 11.1 Å². The van der Waals surface area contributed by atoms with E-state index in [1.165, 1.54) is 12.1 Å². The van der Waals surface area contributed by atoms with Crippen LogP contribution < -0.4 is 5.32 Å².